The van der Waals surface area contributed by atoms with E-state index >= 15 is 0 Å². The standard InChI is InChI=1S/C16H11BrF3NO2/c17-11-7-8-13(21-15(23)16(18,19)20)12(9-11)14(22)10-5-3-1-2-4-6-10/h1-10H,(H,21,23). The minimum atomic E-state index is -5.03. The number of carbonyl (C=O) groups is 2. The van der Waals surface area contributed by atoms with Crippen LogP contribution in [0.1, 0.15) is 10.4 Å². The van der Waals surface area contributed by atoms with Crippen LogP contribution in [0.4, 0.5) is 18.9 Å². The fraction of sp³-hybridized carbons (Fsp3) is 0.125. The Hall–Kier alpha value is -2.15. The van der Waals surface area contributed by atoms with Gasteiger partial charge in [-0.05, 0) is 18.2 Å². The highest BCUT2D eigenvalue weighted by molar-refractivity contribution is 9.10. The SMILES string of the molecule is O=C(c1cc(Br)ccc1NC(=O)C(F)(F)F)C1C=CC=CC=C1. The van der Waals surface area contributed by atoms with Crippen molar-refractivity contribution in [2.24, 2.45) is 5.92 Å². The number of benzene rings is 1. The third-order valence-electron chi connectivity index (χ3n) is 3.03. The molecule has 3 nitrogen and oxygen atoms in total. The summed E-state index contributed by atoms with van der Waals surface area (Å²) in [4.78, 5) is 23.7. The maximum Gasteiger partial charge on any atom is 0.471 e. The molecule has 1 amide bonds. The summed E-state index contributed by atoms with van der Waals surface area (Å²) >= 11 is 3.17. The number of ketones is 1. The predicted octanol–water partition coefficient (Wildman–Crippen LogP) is 4.43. The number of alkyl halides is 3. The van der Waals surface area contributed by atoms with Gasteiger partial charge in [-0.2, -0.15) is 13.2 Å². The molecule has 120 valence electrons. The van der Waals surface area contributed by atoms with Crippen LogP contribution in [0.2, 0.25) is 0 Å². The zero-order chi connectivity index (χ0) is 17.0. The van der Waals surface area contributed by atoms with E-state index in [4.69, 9.17) is 0 Å². The van der Waals surface area contributed by atoms with Crippen LogP contribution in [-0.2, 0) is 4.79 Å². The minimum absolute atomic E-state index is 0.00169. The fourth-order valence-electron chi connectivity index (χ4n) is 1.94. The molecule has 1 aliphatic carbocycles. The van der Waals surface area contributed by atoms with E-state index in [2.05, 4.69) is 15.9 Å². The van der Waals surface area contributed by atoms with E-state index in [1.165, 1.54) is 18.2 Å². The second-order valence-electron chi connectivity index (χ2n) is 4.69. The van der Waals surface area contributed by atoms with E-state index in [9.17, 15) is 22.8 Å². The summed E-state index contributed by atoms with van der Waals surface area (Å²) in [6, 6.07) is 4.08. The minimum Gasteiger partial charge on any atom is -0.318 e. The normalized spacial score (nSPS) is 14.6. The van der Waals surface area contributed by atoms with Gasteiger partial charge in [0.25, 0.3) is 0 Å². The number of nitrogens with one attached hydrogen (secondary N) is 1. The fourth-order valence-corrected chi connectivity index (χ4v) is 2.30. The van der Waals surface area contributed by atoms with E-state index in [0.717, 1.165) is 0 Å². The Morgan fingerprint density at radius 2 is 1.65 bits per heavy atom. The van der Waals surface area contributed by atoms with Crippen molar-refractivity contribution < 1.29 is 22.8 Å². The summed E-state index contributed by atoms with van der Waals surface area (Å²) in [5.74, 6) is -3.16. The van der Waals surface area contributed by atoms with Gasteiger partial charge in [-0.15, -0.1) is 0 Å². The monoisotopic (exact) mass is 385 g/mol. The first-order valence-electron chi connectivity index (χ1n) is 6.52. The lowest BCUT2D eigenvalue weighted by atomic mass is 9.95. The number of amides is 1. The Bertz CT molecular complexity index is 705. The van der Waals surface area contributed by atoms with E-state index in [1.807, 2.05) is 0 Å². The maximum absolute atomic E-state index is 12.6. The highest BCUT2D eigenvalue weighted by Crippen LogP contribution is 2.27. The van der Waals surface area contributed by atoms with E-state index in [-0.39, 0.29) is 11.3 Å². The molecule has 0 aliphatic heterocycles. The van der Waals surface area contributed by atoms with Crippen LogP contribution in [0.3, 0.4) is 0 Å². The molecule has 0 aromatic heterocycles. The first kappa shape index (κ1) is 17.2. The molecule has 1 aromatic rings. The molecule has 0 saturated heterocycles. The van der Waals surface area contributed by atoms with Gasteiger partial charge >= 0.3 is 12.1 Å². The lowest BCUT2D eigenvalue weighted by Gasteiger charge is -2.14. The summed E-state index contributed by atoms with van der Waals surface area (Å²) in [7, 11) is 0. The second-order valence-corrected chi connectivity index (χ2v) is 5.60. The molecular formula is C16H11BrF3NO2. The van der Waals surface area contributed by atoms with Crippen molar-refractivity contribution in [2.45, 2.75) is 6.18 Å². The number of allylic oxidation sites excluding steroid dienone is 6. The molecule has 2 rings (SSSR count). The lowest BCUT2D eigenvalue weighted by molar-refractivity contribution is -0.167. The highest BCUT2D eigenvalue weighted by atomic mass is 79.9. The van der Waals surface area contributed by atoms with Crippen LogP contribution in [0.25, 0.3) is 0 Å². The van der Waals surface area contributed by atoms with Crippen molar-refractivity contribution in [3.8, 4) is 0 Å². The molecule has 0 heterocycles. The molecule has 7 heteroatoms. The molecule has 23 heavy (non-hydrogen) atoms. The first-order chi connectivity index (χ1) is 10.8. The second kappa shape index (κ2) is 6.95. The summed E-state index contributed by atoms with van der Waals surface area (Å²) in [6.07, 6.45) is 5.04. The lowest BCUT2D eigenvalue weighted by Crippen LogP contribution is -2.30. The molecule has 0 saturated carbocycles. The number of anilines is 1. The van der Waals surface area contributed by atoms with Gasteiger partial charge in [-0.1, -0.05) is 52.4 Å². The highest BCUT2D eigenvalue weighted by Gasteiger charge is 2.39. The third-order valence-corrected chi connectivity index (χ3v) is 3.52. The van der Waals surface area contributed by atoms with Crippen LogP contribution in [-0.4, -0.2) is 17.9 Å². The maximum atomic E-state index is 12.6. The number of rotatable bonds is 3. The van der Waals surface area contributed by atoms with Gasteiger partial charge in [0.05, 0.1) is 11.6 Å². The summed E-state index contributed by atoms with van der Waals surface area (Å²) in [6.45, 7) is 0. The zero-order valence-electron chi connectivity index (χ0n) is 11.6. The van der Waals surface area contributed by atoms with Crippen molar-refractivity contribution >= 4 is 33.3 Å². The third kappa shape index (κ3) is 4.41. The number of Topliss-reactive ketones (excluding diaryl/α,β-unsaturated/α-hetero) is 1. The van der Waals surface area contributed by atoms with Gasteiger partial charge < -0.3 is 5.32 Å². The molecule has 0 bridgehead atoms. The average Bonchev–Trinajstić information content (AvgIpc) is 2.76. The Kier molecular flexibility index (Phi) is 5.20. The first-order valence-corrected chi connectivity index (χ1v) is 7.32. The number of carbonyl (C=O) groups excluding carboxylic acids is 2. The van der Waals surface area contributed by atoms with Gasteiger partial charge in [0.2, 0.25) is 0 Å². The van der Waals surface area contributed by atoms with Gasteiger partial charge in [0.15, 0.2) is 5.78 Å². The number of halogens is 4. The van der Waals surface area contributed by atoms with Crippen LogP contribution >= 0.6 is 15.9 Å². The summed E-state index contributed by atoms with van der Waals surface area (Å²) < 4.78 is 37.8. The molecule has 1 N–H and O–H groups in total. The van der Waals surface area contributed by atoms with Gasteiger partial charge in [0.1, 0.15) is 0 Å². The molecule has 0 atom stereocenters. The molecule has 0 fully saturated rings. The predicted molar refractivity (Wildman–Crippen MR) is 84.1 cm³/mol. The molecule has 0 spiro atoms. The topological polar surface area (TPSA) is 46.2 Å². The van der Waals surface area contributed by atoms with E-state index < -0.39 is 23.8 Å². The molecule has 0 unspecified atom stereocenters. The molecular weight excluding hydrogens is 375 g/mol. The summed E-state index contributed by atoms with van der Waals surface area (Å²) in [5.41, 5.74) is -0.183. The Morgan fingerprint density at radius 3 is 2.22 bits per heavy atom. The molecule has 1 aliphatic rings. The van der Waals surface area contributed by atoms with Gasteiger partial charge in [-0.3, -0.25) is 9.59 Å². The van der Waals surface area contributed by atoms with Gasteiger partial charge in [0, 0.05) is 10.0 Å². The van der Waals surface area contributed by atoms with Crippen molar-refractivity contribution in [1.82, 2.24) is 0 Å². The van der Waals surface area contributed by atoms with Crippen LogP contribution in [0, 0.1) is 5.92 Å². The van der Waals surface area contributed by atoms with Crippen LogP contribution in [0.5, 0.6) is 0 Å². The Balaban J connectivity index is 2.35. The Labute approximate surface area is 138 Å². The van der Waals surface area contributed by atoms with Crippen LogP contribution < -0.4 is 5.32 Å². The Morgan fingerprint density at radius 1 is 1.04 bits per heavy atom. The van der Waals surface area contributed by atoms with Crippen molar-refractivity contribution in [3.05, 3.63) is 64.7 Å². The smallest absolute Gasteiger partial charge is 0.318 e. The quantitative estimate of drug-likeness (QED) is 0.782. The van der Waals surface area contributed by atoms with Crippen molar-refractivity contribution in [3.63, 3.8) is 0 Å². The van der Waals surface area contributed by atoms with Gasteiger partial charge in [-0.25, -0.2) is 0 Å². The van der Waals surface area contributed by atoms with E-state index in [0.29, 0.717) is 4.47 Å². The molecule has 1 aromatic carbocycles. The molecule has 0 radical (unpaired) electrons. The van der Waals surface area contributed by atoms with Crippen molar-refractivity contribution in [1.29, 1.82) is 0 Å². The number of hydrogen-bond acceptors (Lipinski definition) is 2. The average molecular weight is 386 g/mol. The largest absolute Gasteiger partial charge is 0.471 e. The van der Waals surface area contributed by atoms with E-state index in [1.54, 1.807) is 41.8 Å². The number of hydrogen-bond donors (Lipinski definition) is 1. The summed E-state index contributed by atoms with van der Waals surface area (Å²) in [5, 5.41) is 1.74. The zero-order valence-corrected chi connectivity index (χ0v) is 13.2. The van der Waals surface area contributed by atoms with Crippen LogP contribution in [0.15, 0.2) is 59.1 Å². The van der Waals surface area contributed by atoms with Crippen molar-refractivity contribution in [2.75, 3.05) is 5.32 Å².